The number of carbonyl (C=O) groups excluding carboxylic acids is 1. The highest BCUT2D eigenvalue weighted by atomic mass is 35.5. The molecule has 116 valence electrons. The lowest BCUT2D eigenvalue weighted by Crippen LogP contribution is -2.27. The van der Waals surface area contributed by atoms with E-state index in [4.69, 9.17) is 35.4 Å². The number of nitrogens with zero attached hydrogens (tertiary/aromatic N) is 1. The fourth-order valence-electron chi connectivity index (χ4n) is 2.03. The van der Waals surface area contributed by atoms with Crippen molar-refractivity contribution in [3.8, 4) is 0 Å². The molecular weight excluding hydrogens is 376 g/mol. The molecule has 2 aromatic rings. The van der Waals surface area contributed by atoms with Crippen LogP contribution in [0.25, 0.3) is 6.08 Å². The van der Waals surface area contributed by atoms with Crippen LogP contribution in [-0.2, 0) is 4.79 Å². The van der Waals surface area contributed by atoms with Crippen LogP contribution in [0.3, 0.4) is 0 Å². The second-order valence-corrected chi connectivity index (χ2v) is 7.16. The van der Waals surface area contributed by atoms with Gasteiger partial charge in [0.1, 0.15) is 5.82 Å². The molecular formula is C16H8Cl2FNOS2. The van der Waals surface area contributed by atoms with Crippen molar-refractivity contribution >= 4 is 69.2 Å². The van der Waals surface area contributed by atoms with Crippen LogP contribution in [0.1, 0.15) is 5.56 Å². The van der Waals surface area contributed by atoms with E-state index >= 15 is 0 Å². The summed E-state index contributed by atoms with van der Waals surface area (Å²) in [6.07, 6.45) is 1.70. The number of carbonyl (C=O) groups is 1. The first-order valence-electron chi connectivity index (χ1n) is 6.44. The quantitative estimate of drug-likeness (QED) is 0.501. The summed E-state index contributed by atoms with van der Waals surface area (Å²) in [4.78, 5) is 14.4. The van der Waals surface area contributed by atoms with Gasteiger partial charge in [0.25, 0.3) is 5.91 Å². The van der Waals surface area contributed by atoms with Gasteiger partial charge in [-0.2, -0.15) is 0 Å². The third-order valence-electron chi connectivity index (χ3n) is 3.12. The summed E-state index contributed by atoms with van der Waals surface area (Å²) >= 11 is 18.3. The number of thiocarbonyl (C=S) groups is 1. The smallest absolute Gasteiger partial charge is 0.268 e. The van der Waals surface area contributed by atoms with Crippen LogP contribution in [0, 0.1) is 5.82 Å². The van der Waals surface area contributed by atoms with Crippen molar-refractivity contribution in [1.82, 2.24) is 0 Å². The molecule has 7 heteroatoms. The molecule has 1 heterocycles. The van der Waals surface area contributed by atoms with E-state index in [2.05, 4.69) is 0 Å². The highest BCUT2D eigenvalue weighted by molar-refractivity contribution is 8.27. The second-order valence-electron chi connectivity index (χ2n) is 4.67. The van der Waals surface area contributed by atoms with Crippen molar-refractivity contribution in [3.05, 3.63) is 68.8 Å². The molecule has 0 aliphatic carbocycles. The topological polar surface area (TPSA) is 20.3 Å². The minimum Gasteiger partial charge on any atom is -0.268 e. The number of hydrogen-bond acceptors (Lipinski definition) is 3. The Morgan fingerprint density at radius 1 is 1.09 bits per heavy atom. The fourth-order valence-corrected chi connectivity index (χ4v) is 3.64. The van der Waals surface area contributed by atoms with Gasteiger partial charge in [-0.25, -0.2) is 4.39 Å². The van der Waals surface area contributed by atoms with Gasteiger partial charge in [-0.05, 0) is 48.0 Å². The Bertz CT molecular complexity index is 836. The van der Waals surface area contributed by atoms with E-state index in [1.807, 2.05) is 0 Å². The van der Waals surface area contributed by atoms with Crippen LogP contribution >= 0.6 is 47.2 Å². The summed E-state index contributed by atoms with van der Waals surface area (Å²) in [7, 11) is 0. The minimum absolute atomic E-state index is 0.252. The highest BCUT2D eigenvalue weighted by Crippen LogP contribution is 2.36. The number of thioether (sulfide) groups is 1. The maximum absolute atomic E-state index is 13.0. The molecule has 2 aromatic carbocycles. The molecule has 0 N–H and O–H groups in total. The Labute approximate surface area is 151 Å². The summed E-state index contributed by atoms with van der Waals surface area (Å²) < 4.78 is 13.4. The molecule has 0 saturated carbocycles. The zero-order chi connectivity index (χ0) is 16.6. The van der Waals surface area contributed by atoms with E-state index in [1.54, 1.807) is 24.3 Å². The molecule has 1 saturated heterocycles. The zero-order valence-electron chi connectivity index (χ0n) is 11.4. The maximum atomic E-state index is 13.0. The number of halogens is 3. The third-order valence-corrected chi connectivity index (χ3v) is 5.16. The van der Waals surface area contributed by atoms with Gasteiger partial charge in [-0.3, -0.25) is 9.69 Å². The van der Waals surface area contributed by atoms with Crippen LogP contribution in [0.4, 0.5) is 10.1 Å². The molecule has 2 nitrogen and oxygen atoms in total. The summed E-state index contributed by atoms with van der Waals surface area (Å²) in [6.45, 7) is 0. The van der Waals surface area contributed by atoms with Gasteiger partial charge in [0.05, 0.1) is 20.6 Å². The van der Waals surface area contributed by atoms with Crippen molar-refractivity contribution in [2.75, 3.05) is 4.90 Å². The summed E-state index contributed by atoms with van der Waals surface area (Å²) in [5, 5.41) is 0.858. The van der Waals surface area contributed by atoms with E-state index in [0.29, 0.717) is 25.0 Å². The van der Waals surface area contributed by atoms with Crippen molar-refractivity contribution in [2.45, 2.75) is 0 Å². The molecule has 23 heavy (non-hydrogen) atoms. The zero-order valence-corrected chi connectivity index (χ0v) is 14.6. The molecule has 0 atom stereocenters. The van der Waals surface area contributed by atoms with Gasteiger partial charge in [-0.1, -0.05) is 53.2 Å². The molecule has 0 bridgehead atoms. The molecule has 0 aromatic heterocycles. The SMILES string of the molecule is O=C1C(=Cc2ccc(Cl)c(Cl)c2)SC(=S)N1c1ccc(F)cc1. The predicted octanol–water partition coefficient (Wildman–Crippen LogP) is 5.54. The van der Waals surface area contributed by atoms with Crippen LogP contribution in [0.2, 0.25) is 10.0 Å². The van der Waals surface area contributed by atoms with Gasteiger partial charge in [-0.15, -0.1) is 0 Å². The van der Waals surface area contributed by atoms with Gasteiger partial charge >= 0.3 is 0 Å². The highest BCUT2D eigenvalue weighted by Gasteiger charge is 2.33. The van der Waals surface area contributed by atoms with Gasteiger partial charge in [0.2, 0.25) is 0 Å². The molecule has 3 rings (SSSR count). The lowest BCUT2D eigenvalue weighted by Gasteiger charge is -2.14. The first-order valence-corrected chi connectivity index (χ1v) is 8.42. The summed E-state index contributed by atoms with van der Waals surface area (Å²) in [5.41, 5.74) is 1.28. The average molecular weight is 384 g/mol. The average Bonchev–Trinajstić information content (AvgIpc) is 2.79. The van der Waals surface area contributed by atoms with Crippen molar-refractivity contribution in [3.63, 3.8) is 0 Å². The van der Waals surface area contributed by atoms with Crippen LogP contribution < -0.4 is 4.90 Å². The van der Waals surface area contributed by atoms with Crippen molar-refractivity contribution in [2.24, 2.45) is 0 Å². The van der Waals surface area contributed by atoms with E-state index in [0.717, 1.165) is 5.56 Å². The van der Waals surface area contributed by atoms with Crippen LogP contribution in [0.15, 0.2) is 47.4 Å². The maximum Gasteiger partial charge on any atom is 0.270 e. The summed E-state index contributed by atoms with van der Waals surface area (Å²) in [6, 6.07) is 10.7. The Balaban J connectivity index is 1.92. The predicted molar refractivity (Wildman–Crippen MR) is 98.5 cm³/mol. The van der Waals surface area contributed by atoms with Crippen LogP contribution in [0.5, 0.6) is 0 Å². The van der Waals surface area contributed by atoms with E-state index in [9.17, 15) is 9.18 Å². The Hall–Kier alpha value is -1.40. The second kappa shape index (κ2) is 6.61. The number of hydrogen-bond donors (Lipinski definition) is 0. The molecule has 1 aliphatic heterocycles. The van der Waals surface area contributed by atoms with E-state index < -0.39 is 0 Å². The molecule has 1 fully saturated rings. The fraction of sp³-hybridized carbons (Fsp3) is 0. The van der Waals surface area contributed by atoms with Crippen LogP contribution in [-0.4, -0.2) is 10.2 Å². The number of rotatable bonds is 2. The monoisotopic (exact) mass is 383 g/mol. The third kappa shape index (κ3) is 3.43. The molecule has 1 amide bonds. The molecule has 0 radical (unpaired) electrons. The first kappa shape index (κ1) is 16.5. The molecule has 1 aliphatic rings. The lowest BCUT2D eigenvalue weighted by molar-refractivity contribution is -0.113. The Kier molecular flexibility index (Phi) is 4.73. The van der Waals surface area contributed by atoms with Gasteiger partial charge in [0.15, 0.2) is 4.32 Å². The number of anilines is 1. The van der Waals surface area contributed by atoms with Crippen molar-refractivity contribution < 1.29 is 9.18 Å². The van der Waals surface area contributed by atoms with Crippen molar-refractivity contribution in [1.29, 1.82) is 0 Å². The Morgan fingerprint density at radius 2 is 1.78 bits per heavy atom. The standard InChI is InChI=1S/C16H8Cl2FNOS2/c17-12-6-1-9(7-13(12)18)8-14-15(21)20(16(22)23-14)11-4-2-10(19)3-5-11/h1-8H. The van der Waals surface area contributed by atoms with Gasteiger partial charge < -0.3 is 0 Å². The van der Waals surface area contributed by atoms with Gasteiger partial charge in [0, 0.05) is 0 Å². The number of benzene rings is 2. The largest absolute Gasteiger partial charge is 0.270 e. The minimum atomic E-state index is -0.370. The van der Waals surface area contributed by atoms with E-state index in [1.165, 1.54) is 40.9 Å². The first-order chi connectivity index (χ1) is 11.0. The van der Waals surface area contributed by atoms with E-state index in [-0.39, 0.29) is 11.7 Å². The Morgan fingerprint density at radius 3 is 2.43 bits per heavy atom. The lowest BCUT2D eigenvalue weighted by atomic mass is 10.2. The molecule has 0 unspecified atom stereocenters. The summed E-state index contributed by atoms with van der Waals surface area (Å²) in [5.74, 6) is -0.622. The normalized spacial score (nSPS) is 16.5. The number of amides is 1. The molecule has 0 spiro atoms.